The van der Waals surface area contributed by atoms with Gasteiger partial charge in [-0.2, -0.15) is 5.10 Å². The van der Waals surface area contributed by atoms with E-state index in [0.717, 1.165) is 0 Å². The second-order valence-corrected chi connectivity index (χ2v) is 3.94. The molecule has 0 saturated carbocycles. The van der Waals surface area contributed by atoms with E-state index in [2.05, 4.69) is 10.1 Å². The van der Waals surface area contributed by atoms with Crippen molar-refractivity contribution in [1.82, 2.24) is 14.8 Å². The Kier molecular flexibility index (Phi) is 4.30. The topological polar surface area (TPSA) is 68.0 Å². The molecule has 1 aromatic rings. The summed E-state index contributed by atoms with van der Waals surface area (Å²) in [7, 11) is 1.58. The van der Waals surface area contributed by atoms with E-state index in [1.165, 1.54) is 4.68 Å². The predicted molar refractivity (Wildman–Crippen MR) is 53.8 cm³/mol. The Morgan fingerprint density at radius 1 is 1.43 bits per heavy atom. The van der Waals surface area contributed by atoms with Gasteiger partial charge in [0, 0.05) is 12.5 Å². The van der Waals surface area contributed by atoms with Crippen LogP contribution >= 0.6 is 0 Å². The van der Waals surface area contributed by atoms with Crippen LogP contribution in [0.2, 0.25) is 0 Å². The molecule has 1 heterocycles. The van der Waals surface area contributed by atoms with Gasteiger partial charge in [-0.15, -0.1) is 0 Å². The molecule has 1 aromatic heterocycles. The SMILES string of the molecule is Cn1nc(C(C)(C)C)nc1C(=O)O.[NaH]. The minimum atomic E-state index is -1.05. The van der Waals surface area contributed by atoms with Crippen LogP contribution in [0.3, 0.4) is 0 Å². The summed E-state index contributed by atoms with van der Waals surface area (Å²) in [4.78, 5) is 14.6. The van der Waals surface area contributed by atoms with Crippen LogP contribution in [0.25, 0.3) is 0 Å². The maximum absolute atomic E-state index is 10.6. The van der Waals surface area contributed by atoms with Crippen molar-refractivity contribution in [1.29, 1.82) is 0 Å². The Balaban J connectivity index is 0.00000169. The first-order valence-corrected chi connectivity index (χ1v) is 3.97. The van der Waals surface area contributed by atoms with Gasteiger partial charge in [0.1, 0.15) is 0 Å². The molecule has 6 heteroatoms. The van der Waals surface area contributed by atoms with Crippen LogP contribution in [-0.4, -0.2) is 55.4 Å². The molecule has 0 fully saturated rings. The Morgan fingerprint density at radius 3 is 2.14 bits per heavy atom. The number of aryl methyl sites for hydroxylation is 1. The molecule has 5 nitrogen and oxygen atoms in total. The normalized spacial score (nSPS) is 10.9. The Hall–Kier alpha value is -0.390. The zero-order valence-electron chi connectivity index (χ0n) is 8.20. The van der Waals surface area contributed by atoms with Crippen molar-refractivity contribution in [2.75, 3.05) is 0 Å². The number of nitrogens with zero attached hydrogens (tertiary/aromatic N) is 3. The maximum atomic E-state index is 10.6. The summed E-state index contributed by atoms with van der Waals surface area (Å²) in [5.41, 5.74) is -0.217. The summed E-state index contributed by atoms with van der Waals surface area (Å²) in [6, 6.07) is 0. The molecule has 0 aliphatic rings. The number of rotatable bonds is 1. The fourth-order valence-electron chi connectivity index (χ4n) is 0.888. The van der Waals surface area contributed by atoms with E-state index >= 15 is 0 Å². The third kappa shape index (κ3) is 2.80. The van der Waals surface area contributed by atoms with Gasteiger partial charge in [0.05, 0.1) is 0 Å². The van der Waals surface area contributed by atoms with Crippen molar-refractivity contribution < 1.29 is 9.90 Å². The summed E-state index contributed by atoms with van der Waals surface area (Å²) in [5.74, 6) is -0.525. The first kappa shape index (κ1) is 13.6. The molecule has 1 N–H and O–H groups in total. The van der Waals surface area contributed by atoms with Crippen LogP contribution in [0.15, 0.2) is 0 Å². The van der Waals surface area contributed by atoms with E-state index in [4.69, 9.17) is 5.11 Å². The van der Waals surface area contributed by atoms with Gasteiger partial charge in [-0.25, -0.2) is 14.5 Å². The molecule has 0 amide bonds. The van der Waals surface area contributed by atoms with Crippen molar-refractivity contribution in [2.45, 2.75) is 26.2 Å². The second-order valence-electron chi connectivity index (χ2n) is 3.94. The van der Waals surface area contributed by atoms with Gasteiger partial charge in [-0.1, -0.05) is 20.8 Å². The van der Waals surface area contributed by atoms with Gasteiger partial charge in [0.2, 0.25) is 5.82 Å². The first-order chi connectivity index (χ1) is 5.82. The van der Waals surface area contributed by atoms with Crippen molar-refractivity contribution >= 4 is 35.5 Å². The molecular weight excluding hydrogens is 193 g/mol. The molecule has 0 bridgehead atoms. The minimum absolute atomic E-state index is 0. The van der Waals surface area contributed by atoms with Crippen LogP contribution in [-0.2, 0) is 12.5 Å². The van der Waals surface area contributed by atoms with Gasteiger partial charge in [0.15, 0.2) is 5.82 Å². The van der Waals surface area contributed by atoms with Crippen LogP contribution < -0.4 is 0 Å². The molecule has 0 spiro atoms. The Bertz CT molecular complexity index is 341. The predicted octanol–water partition coefficient (Wildman–Crippen LogP) is 0.162. The van der Waals surface area contributed by atoms with E-state index in [1.54, 1.807) is 7.05 Å². The Morgan fingerprint density at radius 2 is 1.93 bits per heavy atom. The summed E-state index contributed by atoms with van der Waals surface area (Å²) in [5, 5.41) is 12.7. The van der Waals surface area contributed by atoms with E-state index in [9.17, 15) is 4.79 Å². The molecule has 1 rings (SSSR count). The monoisotopic (exact) mass is 207 g/mol. The third-order valence-corrected chi connectivity index (χ3v) is 1.63. The first-order valence-electron chi connectivity index (χ1n) is 3.97. The number of carboxylic acid groups (broad SMARTS) is 1. The van der Waals surface area contributed by atoms with Crippen molar-refractivity contribution in [2.24, 2.45) is 7.05 Å². The van der Waals surface area contributed by atoms with E-state index in [-0.39, 0.29) is 40.8 Å². The second kappa shape index (κ2) is 4.42. The van der Waals surface area contributed by atoms with Crippen molar-refractivity contribution in [3.63, 3.8) is 0 Å². The molecule has 14 heavy (non-hydrogen) atoms. The molecule has 0 unspecified atom stereocenters. The molecule has 0 aromatic carbocycles. The molecule has 0 aliphatic heterocycles. The van der Waals surface area contributed by atoms with Gasteiger partial charge in [0.25, 0.3) is 0 Å². The van der Waals surface area contributed by atoms with Crippen molar-refractivity contribution in [3.8, 4) is 0 Å². The van der Waals surface area contributed by atoms with E-state index in [0.29, 0.717) is 5.82 Å². The number of aromatic carboxylic acids is 1. The molecule has 0 aliphatic carbocycles. The number of hydrogen-bond acceptors (Lipinski definition) is 3. The molecule has 0 atom stereocenters. The van der Waals surface area contributed by atoms with Gasteiger partial charge >= 0.3 is 35.5 Å². The molecular formula is C8H14N3NaO2. The van der Waals surface area contributed by atoms with Gasteiger partial charge in [-0.3, -0.25) is 0 Å². The van der Waals surface area contributed by atoms with E-state index in [1.807, 2.05) is 20.8 Å². The summed E-state index contributed by atoms with van der Waals surface area (Å²) in [6.45, 7) is 5.82. The fraction of sp³-hybridized carbons (Fsp3) is 0.625. The number of aromatic nitrogens is 3. The van der Waals surface area contributed by atoms with Gasteiger partial charge in [-0.05, 0) is 0 Å². The van der Waals surface area contributed by atoms with Crippen molar-refractivity contribution in [3.05, 3.63) is 11.6 Å². The number of carbonyl (C=O) groups is 1. The quantitative estimate of drug-likeness (QED) is 0.666. The summed E-state index contributed by atoms with van der Waals surface area (Å²) in [6.07, 6.45) is 0. The molecule has 74 valence electrons. The van der Waals surface area contributed by atoms with E-state index < -0.39 is 5.97 Å². The summed E-state index contributed by atoms with van der Waals surface area (Å²) < 4.78 is 1.28. The average molecular weight is 207 g/mol. The van der Waals surface area contributed by atoms with Crippen LogP contribution in [0.1, 0.15) is 37.2 Å². The van der Waals surface area contributed by atoms with Crippen LogP contribution in [0.5, 0.6) is 0 Å². The fourth-order valence-corrected chi connectivity index (χ4v) is 0.888. The summed E-state index contributed by atoms with van der Waals surface area (Å²) >= 11 is 0. The zero-order valence-corrected chi connectivity index (χ0v) is 8.20. The van der Waals surface area contributed by atoms with Gasteiger partial charge < -0.3 is 5.11 Å². The standard InChI is InChI=1S/C8H13N3O2.Na.H/c1-8(2,3)7-9-5(6(12)13)11(4)10-7;;/h1-4H3,(H,12,13);;. The van der Waals surface area contributed by atoms with Crippen LogP contribution in [0, 0.1) is 0 Å². The molecule has 0 radical (unpaired) electrons. The zero-order chi connectivity index (χ0) is 10.2. The average Bonchev–Trinajstić information content (AvgIpc) is 2.29. The number of carboxylic acids is 1. The molecule has 0 saturated heterocycles. The number of hydrogen-bond donors (Lipinski definition) is 1. The van der Waals surface area contributed by atoms with Crippen LogP contribution in [0.4, 0.5) is 0 Å². The Labute approximate surface area is 105 Å². The third-order valence-electron chi connectivity index (χ3n) is 1.63.